The highest BCUT2D eigenvalue weighted by atomic mass is 35.5. The normalized spacial score (nSPS) is 10.9. The third-order valence-corrected chi connectivity index (χ3v) is 4.32. The lowest BCUT2D eigenvalue weighted by molar-refractivity contribution is -0.116. The highest BCUT2D eigenvalue weighted by Gasteiger charge is 2.13. The summed E-state index contributed by atoms with van der Waals surface area (Å²) in [5, 5.41) is 7.66. The Morgan fingerprint density at radius 1 is 1.11 bits per heavy atom. The molecule has 0 atom stereocenters. The Hall–Kier alpha value is -3.52. The Morgan fingerprint density at radius 2 is 1.82 bits per heavy atom. The Labute approximate surface area is 163 Å². The molecule has 0 radical (unpaired) electrons. The summed E-state index contributed by atoms with van der Waals surface area (Å²) in [5.41, 5.74) is 1.07. The molecule has 7 nitrogen and oxygen atoms in total. The van der Waals surface area contributed by atoms with Crippen molar-refractivity contribution in [3.05, 3.63) is 82.2 Å². The van der Waals surface area contributed by atoms with Crippen LogP contribution in [0.4, 0.5) is 10.1 Å². The molecular formula is C19H13ClFN5O2. The molecule has 140 valence electrons. The molecule has 0 aliphatic heterocycles. The fraction of sp³-hybridized carbons (Fsp3) is 0.0526. The molecular weight excluding hydrogens is 385 g/mol. The first-order valence-electron chi connectivity index (χ1n) is 8.26. The van der Waals surface area contributed by atoms with Crippen LogP contribution in [-0.2, 0) is 11.3 Å². The highest BCUT2D eigenvalue weighted by molar-refractivity contribution is 6.30. The van der Waals surface area contributed by atoms with E-state index in [4.69, 9.17) is 11.6 Å². The molecule has 2 heterocycles. The van der Waals surface area contributed by atoms with Gasteiger partial charge in [-0.3, -0.25) is 14.2 Å². The van der Waals surface area contributed by atoms with E-state index < -0.39 is 5.56 Å². The van der Waals surface area contributed by atoms with Gasteiger partial charge in [-0.25, -0.2) is 14.1 Å². The van der Waals surface area contributed by atoms with Crippen molar-refractivity contribution in [2.75, 3.05) is 5.32 Å². The molecule has 0 saturated carbocycles. The molecule has 1 N–H and O–H groups in total. The number of fused-ring (bicyclic) bond motifs is 1. The monoisotopic (exact) mass is 397 g/mol. The fourth-order valence-electron chi connectivity index (χ4n) is 2.72. The van der Waals surface area contributed by atoms with Gasteiger partial charge in [-0.15, -0.1) is 0 Å². The predicted molar refractivity (Wildman–Crippen MR) is 103 cm³/mol. The summed E-state index contributed by atoms with van der Waals surface area (Å²) in [6.45, 7) is -0.202. The van der Waals surface area contributed by atoms with Crippen molar-refractivity contribution in [1.29, 1.82) is 0 Å². The van der Waals surface area contributed by atoms with Crippen molar-refractivity contribution in [1.82, 2.24) is 19.3 Å². The maximum atomic E-state index is 13.1. The number of rotatable bonds is 4. The molecule has 2 aromatic heterocycles. The van der Waals surface area contributed by atoms with Crippen LogP contribution >= 0.6 is 11.6 Å². The number of amides is 1. The van der Waals surface area contributed by atoms with Crippen molar-refractivity contribution in [3.8, 4) is 5.69 Å². The largest absolute Gasteiger partial charge is 0.325 e. The molecule has 0 fully saturated rings. The Kier molecular flexibility index (Phi) is 4.62. The predicted octanol–water partition coefficient (Wildman–Crippen LogP) is 3.01. The van der Waals surface area contributed by atoms with Crippen LogP contribution in [-0.4, -0.2) is 25.2 Å². The number of carbonyl (C=O) groups is 1. The topological polar surface area (TPSA) is 81.8 Å². The summed E-state index contributed by atoms with van der Waals surface area (Å²) in [6, 6.07) is 12.3. The molecule has 0 spiro atoms. The van der Waals surface area contributed by atoms with Crippen LogP contribution < -0.4 is 10.9 Å². The maximum absolute atomic E-state index is 13.1. The third-order valence-electron chi connectivity index (χ3n) is 4.07. The van der Waals surface area contributed by atoms with E-state index in [9.17, 15) is 14.0 Å². The van der Waals surface area contributed by atoms with Crippen molar-refractivity contribution in [2.24, 2.45) is 0 Å². The Bertz CT molecular complexity index is 1220. The quantitative estimate of drug-likeness (QED) is 0.574. The van der Waals surface area contributed by atoms with Crippen LogP contribution in [0.5, 0.6) is 0 Å². The minimum atomic E-state index is -0.399. The summed E-state index contributed by atoms with van der Waals surface area (Å²) >= 11 is 5.82. The zero-order valence-corrected chi connectivity index (χ0v) is 15.1. The van der Waals surface area contributed by atoms with E-state index in [1.807, 2.05) is 0 Å². The van der Waals surface area contributed by atoms with E-state index in [0.717, 1.165) is 0 Å². The number of aromatic nitrogens is 4. The minimum absolute atomic E-state index is 0.202. The first-order chi connectivity index (χ1) is 13.5. The lowest BCUT2D eigenvalue weighted by atomic mass is 10.3. The molecule has 2 aromatic carbocycles. The molecule has 0 saturated heterocycles. The Morgan fingerprint density at radius 3 is 2.54 bits per heavy atom. The van der Waals surface area contributed by atoms with E-state index in [1.54, 1.807) is 24.3 Å². The average Bonchev–Trinajstić information content (AvgIpc) is 3.11. The Balaban J connectivity index is 1.60. The minimum Gasteiger partial charge on any atom is -0.325 e. The van der Waals surface area contributed by atoms with Crippen molar-refractivity contribution in [2.45, 2.75) is 6.54 Å². The maximum Gasteiger partial charge on any atom is 0.264 e. The number of halogens is 2. The van der Waals surface area contributed by atoms with Gasteiger partial charge in [0, 0.05) is 10.7 Å². The van der Waals surface area contributed by atoms with E-state index in [0.29, 0.717) is 22.0 Å². The van der Waals surface area contributed by atoms with Gasteiger partial charge in [-0.1, -0.05) is 11.6 Å². The van der Waals surface area contributed by atoms with Gasteiger partial charge in [-0.2, -0.15) is 5.10 Å². The van der Waals surface area contributed by atoms with Crippen molar-refractivity contribution in [3.63, 3.8) is 0 Å². The van der Waals surface area contributed by atoms with Gasteiger partial charge in [0.15, 0.2) is 5.65 Å². The number of hydrogen-bond acceptors (Lipinski definition) is 4. The molecule has 1 amide bonds. The van der Waals surface area contributed by atoms with Crippen molar-refractivity contribution < 1.29 is 9.18 Å². The van der Waals surface area contributed by atoms with Gasteiger partial charge < -0.3 is 5.32 Å². The number of nitrogens with zero attached hydrogens (tertiary/aromatic N) is 4. The van der Waals surface area contributed by atoms with Gasteiger partial charge in [0.25, 0.3) is 5.56 Å². The summed E-state index contributed by atoms with van der Waals surface area (Å²) in [5.74, 6) is -0.751. The second-order valence-electron chi connectivity index (χ2n) is 6.00. The molecule has 0 aliphatic carbocycles. The zero-order valence-electron chi connectivity index (χ0n) is 14.3. The molecule has 4 rings (SSSR count). The van der Waals surface area contributed by atoms with Gasteiger partial charge in [-0.05, 0) is 48.5 Å². The number of carbonyl (C=O) groups excluding carboxylic acids is 1. The van der Waals surface area contributed by atoms with Crippen molar-refractivity contribution >= 4 is 34.2 Å². The zero-order chi connectivity index (χ0) is 19.7. The second-order valence-corrected chi connectivity index (χ2v) is 6.44. The number of nitrogens with one attached hydrogen (secondary N) is 1. The first kappa shape index (κ1) is 17.9. The molecule has 28 heavy (non-hydrogen) atoms. The van der Waals surface area contributed by atoms with Crippen LogP contribution in [0.15, 0.2) is 65.8 Å². The van der Waals surface area contributed by atoms with Crippen LogP contribution in [0.2, 0.25) is 5.02 Å². The van der Waals surface area contributed by atoms with E-state index >= 15 is 0 Å². The lowest BCUT2D eigenvalue weighted by Gasteiger charge is -2.08. The van der Waals surface area contributed by atoms with Crippen LogP contribution in [0.25, 0.3) is 16.7 Å². The third kappa shape index (κ3) is 3.49. The fourth-order valence-corrected chi connectivity index (χ4v) is 2.85. The van der Waals surface area contributed by atoms with Gasteiger partial charge in [0.1, 0.15) is 24.1 Å². The summed E-state index contributed by atoms with van der Waals surface area (Å²) < 4.78 is 15.8. The molecule has 0 aliphatic rings. The van der Waals surface area contributed by atoms with Gasteiger partial charge in [0.2, 0.25) is 5.91 Å². The summed E-state index contributed by atoms with van der Waals surface area (Å²) in [4.78, 5) is 29.1. The average molecular weight is 398 g/mol. The van der Waals surface area contributed by atoms with E-state index in [2.05, 4.69) is 15.4 Å². The van der Waals surface area contributed by atoms with Crippen LogP contribution in [0.3, 0.4) is 0 Å². The standard InChI is InChI=1S/C19H13ClFN5O2/c20-12-1-5-14(6-2-12)24-17(27)10-25-11-22-18-16(19(25)28)9-23-26(18)15-7-3-13(21)4-8-15/h1-9,11H,10H2,(H,24,27). The van der Waals surface area contributed by atoms with Gasteiger partial charge in [0.05, 0.1) is 11.9 Å². The van der Waals surface area contributed by atoms with E-state index in [-0.39, 0.29) is 23.7 Å². The van der Waals surface area contributed by atoms with E-state index in [1.165, 1.54) is 46.0 Å². The SMILES string of the molecule is O=C(Cn1cnc2c(cnn2-c2ccc(F)cc2)c1=O)Nc1ccc(Cl)cc1. The molecule has 0 bridgehead atoms. The van der Waals surface area contributed by atoms with Gasteiger partial charge >= 0.3 is 0 Å². The molecule has 4 aromatic rings. The van der Waals surface area contributed by atoms with Crippen LogP contribution in [0.1, 0.15) is 0 Å². The first-order valence-corrected chi connectivity index (χ1v) is 8.63. The number of hydrogen-bond donors (Lipinski definition) is 1. The highest BCUT2D eigenvalue weighted by Crippen LogP contribution is 2.15. The molecule has 9 heteroatoms. The number of anilines is 1. The smallest absolute Gasteiger partial charge is 0.264 e. The summed E-state index contributed by atoms with van der Waals surface area (Å²) in [7, 11) is 0. The second kappa shape index (κ2) is 7.24. The molecule has 0 unspecified atom stereocenters. The summed E-state index contributed by atoms with van der Waals surface area (Å²) in [6.07, 6.45) is 2.66. The van der Waals surface area contributed by atoms with Crippen LogP contribution in [0, 0.1) is 5.82 Å². The lowest BCUT2D eigenvalue weighted by Crippen LogP contribution is -2.27. The number of benzene rings is 2.